The third-order valence-corrected chi connectivity index (χ3v) is 7.00. The number of carbonyl (C=O) groups is 1. The number of non-ortho nitro benzene ring substituents is 1. The van der Waals surface area contributed by atoms with Crippen molar-refractivity contribution in [3.63, 3.8) is 0 Å². The van der Waals surface area contributed by atoms with E-state index in [2.05, 4.69) is 15.5 Å². The van der Waals surface area contributed by atoms with Crippen molar-refractivity contribution < 1.29 is 14.5 Å². The Bertz CT molecular complexity index is 1220. The average molecular weight is 523 g/mol. The van der Waals surface area contributed by atoms with E-state index < -0.39 is 4.92 Å². The van der Waals surface area contributed by atoms with Crippen molar-refractivity contribution in [3.05, 3.63) is 105 Å². The topological polar surface area (TPSA) is 96.7 Å². The molecular weight excluding hydrogens is 492 g/mol. The van der Waals surface area contributed by atoms with E-state index in [1.54, 1.807) is 19.2 Å². The highest BCUT2D eigenvalue weighted by molar-refractivity contribution is 6.31. The van der Waals surface area contributed by atoms with E-state index in [1.807, 2.05) is 48.5 Å². The number of amides is 1. The molecule has 1 aliphatic heterocycles. The van der Waals surface area contributed by atoms with Crippen LogP contribution in [-0.2, 0) is 24.3 Å². The van der Waals surface area contributed by atoms with Gasteiger partial charge in [-0.3, -0.25) is 19.8 Å². The summed E-state index contributed by atoms with van der Waals surface area (Å²) in [6.45, 7) is 2.43. The summed E-state index contributed by atoms with van der Waals surface area (Å²) in [7, 11) is 1.65. The van der Waals surface area contributed by atoms with Crippen molar-refractivity contribution in [2.24, 2.45) is 0 Å². The summed E-state index contributed by atoms with van der Waals surface area (Å²) in [5.41, 5.74) is 3.10. The van der Waals surface area contributed by atoms with E-state index in [0.717, 1.165) is 29.0 Å². The van der Waals surface area contributed by atoms with Gasteiger partial charge in [-0.15, -0.1) is 0 Å². The molecule has 1 aliphatic rings. The fourth-order valence-electron chi connectivity index (χ4n) is 4.62. The number of halogens is 1. The molecule has 0 unspecified atom stereocenters. The van der Waals surface area contributed by atoms with E-state index in [-0.39, 0.29) is 23.7 Å². The van der Waals surface area contributed by atoms with Crippen LogP contribution in [-0.4, -0.2) is 48.0 Å². The molecule has 4 rings (SSSR count). The lowest BCUT2D eigenvalue weighted by Crippen LogP contribution is -2.43. The summed E-state index contributed by atoms with van der Waals surface area (Å²) in [5, 5.41) is 18.2. The normalized spacial score (nSPS) is 17.5. The maximum absolute atomic E-state index is 13.2. The van der Waals surface area contributed by atoms with Gasteiger partial charge in [0.15, 0.2) is 0 Å². The number of hydrogen-bond acceptors (Lipinski definition) is 6. The van der Waals surface area contributed by atoms with Crippen molar-refractivity contribution in [2.45, 2.75) is 38.0 Å². The predicted octanol–water partition coefficient (Wildman–Crippen LogP) is 4.35. The van der Waals surface area contributed by atoms with Gasteiger partial charge in [-0.05, 0) is 47.7 Å². The SMILES string of the molecule is COc1cccc(CN[C@H]2C[C@@H](C(=O)NCCc3ccc([N+](=O)[O-])cc3)N(Cc3ccccc3Cl)C2)c1. The zero-order chi connectivity index (χ0) is 26.2. The summed E-state index contributed by atoms with van der Waals surface area (Å²) >= 11 is 6.42. The second-order valence-electron chi connectivity index (χ2n) is 9.17. The van der Waals surface area contributed by atoms with Gasteiger partial charge in [0, 0.05) is 49.4 Å². The molecule has 0 bridgehead atoms. The molecule has 3 aromatic carbocycles. The molecule has 3 aromatic rings. The molecule has 2 atom stereocenters. The molecule has 194 valence electrons. The number of nitrogens with one attached hydrogen (secondary N) is 2. The van der Waals surface area contributed by atoms with Gasteiger partial charge in [-0.25, -0.2) is 0 Å². The van der Waals surface area contributed by atoms with Gasteiger partial charge >= 0.3 is 0 Å². The highest BCUT2D eigenvalue weighted by atomic mass is 35.5. The first-order chi connectivity index (χ1) is 17.9. The summed E-state index contributed by atoms with van der Waals surface area (Å²) in [6.07, 6.45) is 1.27. The third kappa shape index (κ3) is 7.29. The van der Waals surface area contributed by atoms with Crippen LogP contribution in [0.2, 0.25) is 5.02 Å². The number of methoxy groups -OCH3 is 1. The van der Waals surface area contributed by atoms with E-state index in [4.69, 9.17) is 16.3 Å². The van der Waals surface area contributed by atoms with Crippen molar-refractivity contribution in [1.29, 1.82) is 0 Å². The molecule has 0 aromatic heterocycles. The Morgan fingerprint density at radius 2 is 1.89 bits per heavy atom. The molecule has 1 saturated heterocycles. The van der Waals surface area contributed by atoms with Crippen molar-refractivity contribution in [3.8, 4) is 5.75 Å². The number of nitro groups is 1. The van der Waals surface area contributed by atoms with E-state index in [1.165, 1.54) is 12.1 Å². The van der Waals surface area contributed by atoms with Crippen LogP contribution < -0.4 is 15.4 Å². The van der Waals surface area contributed by atoms with Crippen LogP contribution in [0.3, 0.4) is 0 Å². The van der Waals surface area contributed by atoms with Gasteiger partial charge in [0.25, 0.3) is 5.69 Å². The first kappa shape index (κ1) is 26.6. The van der Waals surface area contributed by atoms with Crippen LogP contribution in [0, 0.1) is 10.1 Å². The molecular formula is C28H31ClN4O4. The number of nitrogens with zero attached hydrogens (tertiary/aromatic N) is 2. The molecule has 9 heteroatoms. The molecule has 1 fully saturated rings. The lowest BCUT2D eigenvalue weighted by molar-refractivity contribution is -0.384. The van der Waals surface area contributed by atoms with Gasteiger partial charge in [-0.1, -0.05) is 54.1 Å². The van der Waals surface area contributed by atoms with Gasteiger partial charge < -0.3 is 15.4 Å². The van der Waals surface area contributed by atoms with Crippen LogP contribution in [0.5, 0.6) is 5.75 Å². The van der Waals surface area contributed by atoms with Crippen LogP contribution >= 0.6 is 11.6 Å². The number of rotatable bonds is 11. The summed E-state index contributed by atoms with van der Waals surface area (Å²) in [6, 6.07) is 21.9. The Morgan fingerprint density at radius 3 is 2.62 bits per heavy atom. The van der Waals surface area contributed by atoms with Gasteiger partial charge in [0.1, 0.15) is 5.75 Å². The highest BCUT2D eigenvalue weighted by Crippen LogP contribution is 2.25. The molecule has 37 heavy (non-hydrogen) atoms. The largest absolute Gasteiger partial charge is 0.497 e. The van der Waals surface area contributed by atoms with Gasteiger partial charge in [0.2, 0.25) is 5.91 Å². The number of carbonyl (C=O) groups excluding carboxylic acids is 1. The Balaban J connectivity index is 1.38. The number of hydrogen-bond donors (Lipinski definition) is 2. The molecule has 2 N–H and O–H groups in total. The minimum absolute atomic E-state index is 0.0281. The first-order valence-electron chi connectivity index (χ1n) is 12.3. The Hall–Kier alpha value is -3.46. The van der Waals surface area contributed by atoms with E-state index in [0.29, 0.717) is 37.5 Å². The summed E-state index contributed by atoms with van der Waals surface area (Å²) in [5.74, 6) is 0.788. The van der Waals surface area contributed by atoms with E-state index >= 15 is 0 Å². The molecule has 0 saturated carbocycles. The van der Waals surface area contributed by atoms with Gasteiger partial charge in [-0.2, -0.15) is 0 Å². The molecule has 0 spiro atoms. The molecule has 0 radical (unpaired) electrons. The number of likely N-dealkylation sites (tertiary alicyclic amines) is 1. The quantitative estimate of drug-likeness (QED) is 0.287. The number of ether oxygens (including phenoxy) is 1. The second kappa shape index (κ2) is 12.7. The standard InChI is InChI=1S/C28H31ClN4O4/c1-37-25-7-4-5-21(15-25)17-31-23-16-27(32(19-23)18-22-6-2-3-8-26(22)29)28(34)30-14-13-20-9-11-24(12-10-20)33(35)36/h2-12,15,23,27,31H,13-14,16-19H2,1H3,(H,30,34)/t23-,27-/m0/s1. The maximum Gasteiger partial charge on any atom is 0.269 e. The fourth-order valence-corrected chi connectivity index (χ4v) is 4.82. The van der Waals surface area contributed by atoms with Crippen LogP contribution in [0.25, 0.3) is 0 Å². The van der Waals surface area contributed by atoms with Crippen molar-refractivity contribution in [1.82, 2.24) is 15.5 Å². The fraction of sp³-hybridized carbons (Fsp3) is 0.321. The molecule has 1 heterocycles. The first-order valence-corrected chi connectivity index (χ1v) is 12.7. The van der Waals surface area contributed by atoms with Crippen molar-refractivity contribution >= 4 is 23.2 Å². The predicted molar refractivity (Wildman–Crippen MR) is 144 cm³/mol. The Labute approximate surface area is 221 Å². The monoisotopic (exact) mass is 522 g/mol. The van der Waals surface area contributed by atoms with Crippen LogP contribution in [0.4, 0.5) is 5.69 Å². The minimum atomic E-state index is -0.419. The lowest BCUT2D eigenvalue weighted by Gasteiger charge is -2.24. The van der Waals surface area contributed by atoms with Crippen LogP contribution in [0.1, 0.15) is 23.1 Å². The van der Waals surface area contributed by atoms with Gasteiger partial charge in [0.05, 0.1) is 18.1 Å². The minimum Gasteiger partial charge on any atom is -0.497 e. The summed E-state index contributed by atoms with van der Waals surface area (Å²) < 4.78 is 5.32. The second-order valence-corrected chi connectivity index (χ2v) is 9.57. The molecule has 0 aliphatic carbocycles. The Kier molecular flexibility index (Phi) is 9.11. The zero-order valence-electron chi connectivity index (χ0n) is 20.7. The van der Waals surface area contributed by atoms with Crippen LogP contribution in [0.15, 0.2) is 72.8 Å². The average Bonchev–Trinajstić information content (AvgIpc) is 3.32. The smallest absolute Gasteiger partial charge is 0.269 e. The highest BCUT2D eigenvalue weighted by Gasteiger charge is 2.36. The third-order valence-electron chi connectivity index (χ3n) is 6.63. The Morgan fingerprint density at radius 1 is 1.11 bits per heavy atom. The lowest BCUT2D eigenvalue weighted by atomic mass is 10.1. The van der Waals surface area contributed by atoms with E-state index in [9.17, 15) is 14.9 Å². The molecule has 8 nitrogen and oxygen atoms in total. The zero-order valence-corrected chi connectivity index (χ0v) is 21.5. The summed E-state index contributed by atoms with van der Waals surface area (Å²) in [4.78, 5) is 25.9. The number of nitro benzene ring substituents is 1. The number of benzene rings is 3. The maximum atomic E-state index is 13.2. The molecule has 1 amide bonds. The van der Waals surface area contributed by atoms with Crippen molar-refractivity contribution in [2.75, 3.05) is 20.2 Å².